The number of hydrogen-bond acceptors (Lipinski definition) is 4. The summed E-state index contributed by atoms with van der Waals surface area (Å²) in [6, 6.07) is 9.94. The number of rotatable bonds is 3. The van der Waals surface area contributed by atoms with Crippen LogP contribution in [0.15, 0.2) is 52.8 Å². The summed E-state index contributed by atoms with van der Waals surface area (Å²) in [5.74, 6) is 0. The number of aromatic nitrogens is 2. The van der Waals surface area contributed by atoms with E-state index in [1.807, 2.05) is 30.3 Å². The van der Waals surface area contributed by atoms with Crippen molar-refractivity contribution in [1.82, 2.24) is 9.97 Å². The molecule has 1 aromatic heterocycles. The van der Waals surface area contributed by atoms with E-state index in [4.69, 9.17) is 5.11 Å². The molecule has 0 aliphatic rings. The predicted molar refractivity (Wildman–Crippen MR) is 58.5 cm³/mol. The van der Waals surface area contributed by atoms with Gasteiger partial charge in [-0.25, -0.2) is 9.97 Å². The molecule has 1 heterocycles. The minimum atomic E-state index is -0.0176. The van der Waals surface area contributed by atoms with E-state index in [2.05, 4.69) is 9.97 Å². The molecule has 4 heteroatoms. The Labute approximate surface area is 92.2 Å². The highest BCUT2D eigenvalue weighted by Crippen LogP contribution is 2.23. The lowest BCUT2D eigenvalue weighted by atomic mass is 10.4. The molecule has 0 saturated carbocycles. The SMILES string of the molecule is OCc1cnc(Sc2ccccc2)nc1. The van der Waals surface area contributed by atoms with Crippen LogP contribution in [0.4, 0.5) is 0 Å². The van der Waals surface area contributed by atoms with Gasteiger partial charge in [0.15, 0.2) is 5.16 Å². The summed E-state index contributed by atoms with van der Waals surface area (Å²) in [4.78, 5) is 9.38. The summed E-state index contributed by atoms with van der Waals surface area (Å²) >= 11 is 1.50. The van der Waals surface area contributed by atoms with Gasteiger partial charge in [0.2, 0.25) is 0 Å². The van der Waals surface area contributed by atoms with Crippen LogP contribution < -0.4 is 0 Å². The van der Waals surface area contributed by atoms with E-state index in [0.29, 0.717) is 5.16 Å². The molecule has 1 aromatic carbocycles. The normalized spacial score (nSPS) is 10.2. The van der Waals surface area contributed by atoms with Crippen molar-refractivity contribution in [2.45, 2.75) is 16.7 Å². The zero-order valence-electron chi connectivity index (χ0n) is 8.00. The van der Waals surface area contributed by atoms with Crippen molar-refractivity contribution < 1.29 is 5.11 Å². The molecule has 15 heavy (non-hydrogen) atoms. The van der Waals surface area contributed by atoms with Crippen LogP contribution >= 0.6 is 11.8 Å². The maximum absolute atomic E-state index is 8.83. The van der Waals surface area contributed by atoms with E-state index in [9.17, 15) is 0 Å². The molecule has 0 aliphatic heterocycles. The van der Waals surface area contributed by atoms with Crippen LogP contribution in [-0.4, -0.2) is 15.1 Å². The summed E-state index contributed by atoms with van der Waals surface area (Å²) in [6.45, 7) is -0.0176. The lowest BCUT2D eigenvalue weighted by Gasteiger charge is -1.99. The van der Waals surface area contributed by atoms with Gasteiger partial charge in [0.05, 0.1) is 6.61 Å². The Balaban J connectivity index is 2.11. The fourth-order valence-corrected chi connectivity index (χ4v) is 1.79. The zero-order chi connectivity index (χ0) is 10.5. The van der Waals surface area contributed by atoms with Crippen LogP contribution in [0, 0.1) is 0 Å². The summed E-state index contributed by atoms with van der Waals surface area (Å²) in [6.07, 6.45) is 3.27. The van der Waals surface area contributed by atoms with Crippen molar-refractivity contribution in [1.29, 1.82) is 0 Å². The number of hydrogen-bond donors (Lipinski definition) is 1. The quantitative estimate of drug-likeness (QED) is 0.801. The van der Waals surface area contributed by atoms with E-state index in [1.165, 1.54) is 11.8 Å². The van der Waals surface area contributed by atoms with E-state index in [1.54, 1.807) is 12.4 Å². The van der Waals surface area contributed by atoms with Crippen LogP contribution in [0.2, 0.25) is 0 Å². The second kappa shape index (κ2) is 4.91. The van der Waals surface area contributed by atoms with Crippen LogP contribution in [0.5, 0.6) is 0 Å². The molecule has 0 fully saturated rings. The highest BCUT2D eigenvalue weighted by atomic mass is 32.2. The smallest absolute Gasteiger partial charge is 0.192 e. The summed E-state index contributed by atoms with van der Waals surface area (Å²) in [7, 11) is 0. The van der Waals surface area contributed by atoms with Gasteiger partial charge in [-0.2, -0.15) is 0 Å². The third kappa shape index (κ3) is 2.78. The number of aliphatic hydroxyl groups is 1. The molecule has 0 aliphatic carbocycles. The topological polar surface area (TPSA) is 46.0 Å². The fraction of sp³-hybridized carbons (Fsp3) is 0.0909. The second-order valence-corrected chi connectivity index (χ2v) is 3.99. The maximum atomic E-state index is 8.83. The monoisotopic (exact) mass is 218 g/mol. The molecule has 2 rings (SSSR count). The second-order valence-electron chi connectivity index (χ2n) is 2.95. The van der Waals surface area contributed by atoms with E-state index in [-0.39, 0.29) is 6.61 Å². The van der Waals surface area contributed by atoms with Gasteiger partial charge in [-0.15, -0.1) is 0 Å². The molecule has 0 amide bonds. The maximum Gasteiger partial charge on any atom is 0.192 e. The van der Waals surface area contributed by atoms with Gasteiger partial charge in [-0.05, 0) is 23.9 Å². The third-order valence-electron chi connectivity index (χ3n) is 1.82. The molecule has 0 radical (unpaired) electrons. The van der Waals surface area contributed by atoms with E-state index < -0.39 is 0 Å². The Morgan fingerprint density at radius 3 is 2.33 bits per heavy atom. The van der Waals surface area contributed by atoms with Crippen molar-refractivity contribution in [2.75, 3.05) is 0 Å². The molecule has 1 N–H and O–H groups in total. The minimum absolute atomic E-state index is 0.0176. The summed E-state index contributed by atoms with van der Waals surface area (Å²) in [5, 5.41) is 9.52. The van der Waals surface area contributed by atoms with Crippen molar-refractivity contribution in [3.05, 3.63) is 48.3 Å². The molecular weight excluding hydrogens is 208 g/mol. The Bertz CT molecular complexity index is 416. The standard InChI is InChI=1S/C11H10N2OS/c14-8-9-6-12-11(13-7-9)15-10-4-2-1-3-5-10/h1-7,14H,8H2. The third-order valence-corrected chi connectivity index (χ3v) is 2.72. The number of aliphatic hydroxyl groups excluding tert-OH is 1. The van der Waals surface area contributed by atoms with Crippen LogP contribution in [0.1, 0.15) is 5.56 Å². The lowest BCUT2D eigenvalue weighted by molar-refractivity contribution is 0.280. The first-order valence-electron chi connectivity index (χ1n) is 4.53. The molecule has 2 aromatic rings. The highest BCUT2D eigenvalue weighted by molar-refractivity contribution is 7.99. The van der Waals surface area contributed by atoms with Crippen molar-refractivity contribution in [2.24, 2.45) is 0 Å². The predicted octanol–water partition coefficient (Wildman–Crippen LogP) is 2.12. The summed E-state index contributed by atoms with van der Waals surface area (Å²) < 4.78 is 0. The van der Waals surface area contributed by atoms with Gasteiger partial charge < -0.3 is 5.11 Å². The highest BCUT2D eigenvalue weighted by Gasteiger charge is 1.99. The first-order valence-corrected chi connectivity index (χ1v) is 5.35. The van der Waals surface area contributed by atoms with Crippen molar-refractivity contribution in [3.8, 4) is 0 Å². The van der Waals surface area contributed by atoms with Gasteiger partial charge in [0.25, 0.3) is 0 Å². The molecule has 0 saturated heterocycles. The van der Waals surface area contributed by atoms with Gasteiger partial charge in [0, 0.05) is 22.9 Å². The zero-order valence-corrected chi connectivity index (χ0v) is 8.81. The molecule has 76 valence electrons. The average molecular weight is 218 g/mol. The van der Waals surface area contributed by atoms with Gasteiger partial charge in [-0.1, -0.05) is 18.2 Å². The lowest BCUT2D eigenvalue weighted by Crippen LogP contribution is -1.90. The molecule has 0 unspecified atom stereocenters. The van der Waals surface area contributed by atoms with Gasteiger partial charge in [0.1, 0.15) is 0 Å². The van der Waals surface area contributed by atoms with E-state index in [0.717, 1.165) is 10.5 Å². The molecule has 0 atom stereocenters. The Morgan fingerprint density at radius 1 is 1.07 bits per heavy atom. The largest absolute Gasteiger partial charge is 0.392 e. The van der Waals surface area contributed by atoms with E-state index >= 15 is 0 Å². The Hall–Kier alpha value is -1.39. The van der Waals surface area contributed by atoms with Gasteiger partial charge in [-0.3, -0.25) is 0 Å². The van der Waals surface area contributed by atoms with Crippen molar-refractivity contribution >= 4 is 11.8 Å². The number of nitrogens with zero attached hydrogens (tertiary/aromatic N) is 2. The summed E-state index contributed by atoms with van der Waals surface area (Å²) in [5.41, 5.74) is 0.729. The van der Waals surface area contributed by atoms with Crippen LogP contribution in [0.3, 0.4) is 0 Å². The van der Waals surface area contributed by atoms with Crippen molar-refractivity contribution in [3.63, 3.8) is 0 Å². The van der Waals surface area contributed by atoms with Crippen LogP contribution in [0.25, 0.3) is 0 Å². The Kier molecular flexibility index (Phi) is 3.32. The van der Waals surface area contributed by atoms with Gasteiger partial charge >= 0.3 is 0 Å². The van der Waals surface area contributed by atoms with Crippen LogP contribution in [-0.2, 0) is 6.61 Å². The Morgan fingerprint density at radius 2 is 1.73 bits per heavy atom. The molecule has 0 spiro atoms. The minimum Gasteiger partial charge on any atom is -0.392 e. The first-order chi connectivity index (χ1) is 7.38. The average Bonchev–Trinajstić information content (AvgIpc) is 2.31. The number of benzene rings is 1. The molecular formula is C11H10N2OS. The molecule has 0 bridgehead atoms. The molecule has 3 nitrogen and oxygen atoms in total. The fourth-order valence-electron chi connectivity index (χ4n) is 1.07. The first kappa shape index (κ1) is 10.1.